The number of carbonyl (C=O) groups is 3. The fourth-order valence-electron chi connectivity index (χ4n) is 3.88. The maximum atomic E-state index is 13.0. The average molecular weight is 545 g/mol. The van der Waals surface area contributed by atoms with Crippen molar-refractivity contribution in [2.24, 2.45) is 5.92 Å². The predicted molar refractivity (Wildman–Crippen MR) is 138 cm³/mol. The van der Waals surface area contributed by atoms with Crippen LogP contribution in [0.3, 0.4) is 0 Å². The number of carboxylic acids is 1. The van der Waals surface area contributed by atoms with E-state index in [0.717, 1.165) is 43.9 Å². The average Bonchev–Trinajstić information content (AvgIpc) is 2.87. The van der Waals surface area contributed by atoms with Crippen molar-refractivity contribution in [2.45, 2.75) is 45.6 Å². The third kappa shape index (κ3) is 8.08. The Morgan fingerprint density at radius 2 is 1.63 bits per heavy atom. The largest absolute Gasteiger partial charge is 0.478 e. The second-order valence-electron chi connectivity index (χ2n) is 9.05. The standard InChI is InChI=1S/C15H18ClNO3.C13H9F2NO2/c1-9-2-5-11(6-3-9)17-14(18)10-4-7-12(15(19)20)13(16)8-10;1-8(17)12-6-10(15)7-16-13(12)18-11-4-2-9(14)3-5-11/h4,7-9,11H,2-3,5-6H2,1H3,(H,17,18)(H,19,20);2-7H,1H3. The van der Waals surface area contributed by atoms with Gasteiger partial charge < -0.3 is 15.2 Å². The minimum atomic E-state index is -1.09. The summed E-state index contributed by atoms with van der Waals surface area (Å²) >= 11 is 5.87. The molecule has 4 rings (SSSR count). The number of nitrogens with zero attached hydrogens (tertiary/aromatic N) is 1. The number of aromatic nitrogens is 1. The molecule has 1 aromatic heterocycles. The summed E-state index contributed by atoms with van der Waals surface area (Å²) in [5.41, 5.74) is 0.452. The van der Waals surface area contributed by atoms with Crippen molar-refractivity contribution >= 4 is 29.3 Å². The molecule has 3 aromatic rings. The molecule has 0 bridgehead atoms. The zero-order valence-corrected chi connectivity index (χ0v) is 21.6. The first kappa shape index (κ1) is 28.7. The number of ketones is 1. The number of pyridine rings is 1. The SMILES string of the molecule is CC(=O)c1cc(F)cnc1Oc1ccc(F)cc1.CC1CCC(NC(=O)c2ccc(C(=O)O)c(Cl)c2)CC1. The molecule has 1 fully saturated rings. The minimum Gasteiger partial charge on any atom is -0.478 e. The Morgan fingerprint density at radius 3 is 2.21 bits per heavy atom. The van der Waals surface area contributed by atoms with E-state index in [2.05, 4.69) is 17.2 Å². The molecule has 0 aliphatic heterocycles. The third-order valence-corrected chi connectivity index (χ3v) is 6.35. The number of ether oxygens (including phenoxy) is 1. The molecule has 1 saturated carbocycles. The summed E-state index contributed by atoms with van der Waals surface area (Å²) in [7, 11) is 0. The van der Waals surface area contributed by atoms with Gasteiger partial charge in [0.05, 0.1) is 22.3 Å². The van der Waals surface area contributed by atoms with E-state index >= 15 is 0 Å². The first-order valence-corrected chi connectivity index (χ1v) is 12.3. The molecule has 200 valence electrons. The number of rotatable bonds is 6. The molecule has 10 heteroatoms. The van der Waals surface area contributed by atoms with E-state index in [-0.39, 0.29) is 39.8 Å². The van der Waals surface area contributed by atoms with Gasteiger partial charge in [0.25, 0.3) is 5.91 Å². The van der Waals surface area contributed by atoms with Crippen LogP contribution in [0.1, 0.15) is 70.6 Å². The maximum Gasteiger partial charge on any atom is 0.337 e. The number of carboxylic acid groups (broad SMARTS) is 1. The van der Waals surface area contributed by atoms with Gasteiger partial charge in [0.15, 0.2) is 5.78 Å². The summed E-state index contributed by atoms with van der Waals surface area (Å²) in [6.45, 7) is 3.51. The van der Waals surface area contributed by atoms with Crippen molar-refractivity contribution in [3.8, 4) is 11.6 Å². The highest BCUT2D eigenvalue weighted by molar-refractivity contribution is 6.33. The van der Waals surface area contributed by atoms with Crippen molar-refractivity contribution in [3.63, 3.8) is 0 Å². The van der Waals surface area contributed by atoms with Gasteiger partial charge in [-0.3, -0.25) is 9.59 Å². The molecule has 38 heavy (non-hydrogen) atoms. The molecule has 0 spiro atoms. The van der Waals surface area contributed by atoms with E-state index in [0.29, 0.717) is 11.3 Å². The van der Waals surface area contributed by atoms with Gasteiger partial charge in [0.1, 0.15) is 17.4 Å². The lowest BCUT2D eigenvalue weighted by molar-refractivity contribution is 0.0696. The van der Waals surface area contributed by atoms with E-state index in [4.69, 9.17) is 21.4 Å². The van der Waals surface area contributed by atoms with Gasteiger partial charge in [-0.15, -0.1) is 0 Å². The number of benzene rings is 2. The molecule has 2 aromatic carbocycles. The van der Waals surface area contributed by atoms with Gasteiger partial charge in [-0.1, -0.05) is 18.5 Å². The number of Topliss-reactive ketones (excluding diaryl/α,β-unsaturated/α-hetero) is 1. The van der Waals surface area contributed by atoms with Crippen LogP contribution in [0.2, 0.25) is 5.02 Å². The lowest BCUT2D eigenvalue weighted by Gasteiger charge is -2.26. The monoisotopic (exact) mass is 544 g/mol. The molecule has 2 N–H and O–H groups in total. The Hall–Kier alpha value is -3.85. The maximum absolute atomic E-state index is 13.0. The Balaban J connectivity index is 0.000000212. The van der Waals surface area contributed by atoms with E-state index in [1.807, 2.05) is 0 Å². The molecule has 1 heterocycles. The first-order chi connectivity index (χ1) is 18.0. The number of aromatic carboxylic acids is 1. The number of hydrogen-bond donors (Lipinski definition) is 2. The Labute approximate surface area is 223 Å². The van der Waals surface area contributed by atoms with Crippen LogP contribution < -0.4 is 10.1 Å². The number of halogens is 3. The van der Waals surface area contributed by atoms with Crippen LogP contribution in [-0.4, -0.2) is 33.8 Å². The van der Waals surface area contributed by atoms with Crippen molar-refractivity contribution < 1.29 is 33.0 Å². The number of amides is 1. The van der Waals surface area contributed by atoms with Gasteiger partial charge in [0, 0.05) is 11.6 Å². The normalized spacial score (nSPS) is 16.6. The molecule has 0 radical (unpaired) electrons. The van der Waals surface area contributed by atoms with E-state index in [9.17, 15) is 23.2 Å². The van der Waals surface area contributed by atoms with E-state index < -0.39 is 17.6 Å². The highest BCUT2D eigenvalue weighted by Crippen LogP contribution is 2.25. The van der Waals surface area contributed by atoms with Crippen molar-refractivity contribution in [3.05, 3.63) is 88.1 Å². The van der Waals surface area contributed by atoms with Crippen molar-refractivity contribution in [1.82, 2.24) is 10.3 Å². The fraction of sp³-hybridized carbons (Fsp3) is 0.286. The Bertz CT molecular complexity index is 1310. The summed E-state index contributed by atoms with van der Waals surface area (Å²) in [6, 6.07) is 10.7. The fourth-order valence-corrected chi connectivity index (χ4v) is 4.14. The highest BCUT2D eigenvalue weighted by Gasteiger charge is 2.21. The van der Waals surface area contributed by atoms with Crippen LogP contribution >= 0.6 is 11.6 Å². The molecule has 1 aliphatic rings. The molecular weight excluding hydrogens is 518 g/mol. The van der Waals surface area contributed by atoms with Crippen LogP contribution in [0.5, 0.6) is 11.6 Å². The summed E-state index contributed by atoms with van der Waals surface area (Å²) in [5, 5.41) is 12.0. The minimum absolute atomic E-state index is 0.00416. The summed E-state index contributed by atoms with van der Waals surface area (Å²) in [4.78, 5) is 38.0. The van der Waals surface area contributed by atoms with Crippen molar-refractivity contribution in [1.29, 1.82) is 0 Å². The Morgan fingerprint density at radius 1 is 0.974 bits per heavy atom. The lowest BCUT2D eigenvalue weighted by Crippen LogP contribution is -2.37. The van der Waals surface area contributed by atoms with E-state index in [1.54, 1.807) is 0 Å². The molecule has 1 amide bonds. The molecule has 1 aliphatic carbocycles. The molecule has 0 saturated heterocycles. The molecule has 7 nitrogen and oxygen atoms in total. The van der Waals surface area contributed by atoms with Gasteiger partial charge in [-0.05, 0) is 87.1 Å². The van der Waals surface area contributed by atoms with Crippen LogP contribution in [0.4, 0.5) is 8.78 Å². The van der Waals surface area contributed by atoms with Crippen LogP contribution in [0.15, 0.2) is 54.7 Å². The number of carbonyl (C=O) groups excluding carboxylic acids is 2. The smallest absolute Gasteiger partial charge is 0.337 e. The summed E-state index contributed by atoms with van der Waals surface area (Å²) in [6.07, 6.45) is 5.19. The highest BCUT2D eigenvalue weighted by atomic mass is 35.5. The Kier molecular flexibility index (Phi) is 9.90. The first-order valence-electron chi connectivity index (χ1n) is 12.0. The predicted octanol–water partition coefficient (Wildman–Crippen LogP) is 6.70. The second-order valence-corrected chi connectivity index (χ2v) is 9.46. The number of hydrogen-bond acceptors (Lipinski definition) is 5. The zero-order valence-electron chi connectivity index (χ0n) is 20.8. The van der Waals surface area contributed by atoms with Crippen LogP contribution in [0.25, 0.3) is 0 Å². The second kappa shape index (κ2) is 13.1. The van der Waals surface area contributed by atoms with Gasteiger partial charge in [0.2, 0.25) is 5.88 Å². The quantitative estimate of drug-likeness (QED) is 0.334. The number of nitrogens with one attached hydrogen (secondary N) is 1. The van der Waals surface area contributed by atoms with Crippen LogP contribution in [0, 0.1) is 17.6 Å². The topological polar surface area (TPSA) is 106 Å². The zero-order chi connectivity index (χ0) is 27.8. The third-order valence-electron chi connectivity index (χ3n) is 6.04. The molecular formula is C28H27ClF2N2O5. The summed E-state index contributed by atoms with van der Waals surface area (Å²) < 4.78 is 31.0. The lowest BCUT2D eigenvalue weighted by atomic mass is 9.87. The molecule has 0 unspecified atom stereocenters. The molecule has 0 atom stereocenters. The summed E-state index contributed by atoms with van der Waals surface area (Å²) in [5.74, 6) is -1.63. The van der Waals surface area contributed by atoms with E-state index in [1.165, 1.54) is 49.4 Å². The van der Waals surface area contributed by atoms with Crippen LogP contribution in [-0.2, 0) is 0 Å². The van der Waals surface area contributed by atoms with Gasteiger partial charge in [-0.25, -0.2) is 18.6 Å². The van der Waals surface area contributed by atoms with Gasteiger partial charge in [-0.2, -0.15) is 0 Å². The van der Waals surface area contributed by atoms with Gasteiger partial charge >= 0.3 is 5.97 Å². The van der Waals surface area contributed by atoms with Crippen molar-refractivity contribution in [2.75, 3.05) is 0 Å².